The lowest BCUT2D eigenvalue weighted by molar-refractivity contribution is -0.134. The summed E-state index contributed by atoms with van der Waals surface area (Å²) >= 11 is 0. The molecule has 0 aliphatic carbocycles. The number of hydrogen-bond donors (Lipinski definition) is 2. The van der Waals surface area contributed by atoms with Gasteiger partial charge in [-0.25, -0.2) is 0 Å². The van der Waals surface area contributed by atoms with Crippen molar-refractivity contribution in [1.29, 1.82) is 0 Å². The fraction of sp³-hybridized carbons (Fsp3) is 0.350. The predicted octanol–water partition coefficient (Wildman–Crippen LogP) is 2.97. The third kappa shape index (κ3) is 4.43. The molecule has 0 saturated carbocycles. The number of hydrogen-bond acceptors (Lipinski definition) is 3. The zero-order valence-electron chi connectivity index (χ0n) is 14.4. The molecule has 24 heavy (non-hydrogen) atoms. The van der Waals surface area contributed by atoms with E-state index in [0.29, 0.717) is 12.1 Å². The molecular formula is C20H26N2O2. The Morgan fingerprint density at radius 1 is 1.08 bits per heavy atom. The fourth-order valence-electron chi connectivity index (χ4n) is 2.61. The van der Waals surface area contributed by atoms with Gasteiger partial charge >= 0.3 is 0 Å². The summed E-state index contributed by atoms with van der Waals surface area (Å²) in [6, 6.07) is 16.6. The SMILES string of the molecule is CCCCN(C)C(=O)[C@H](N)[C@@H](O)c1ccc(-c2ccccc2)cc1. The Kier molecular flexibility index (Phi) is 6.53. The molecule has 2 aromatic rings. The van der Waals surface area contributed by atoms with E-state index in [1.54, 1.807) is 11.9 Å². The smallest absolute Gasteiger partial charge is 0.242 e. The molecule has 0 spiro atoms. The minimum absolute atomic E-state index is 0.233. The topological polar surface area (TPSA) is 66.6 Å². The van der Waals surface area contributed by atoms with Crippen LogP contribution in [0.1, 0.15) is 31.4 Å². The molecule has 2 rings (SSSR count). The summed E-state index contributed by atoms with van der Waals surface area (Å²) in [7, 11) is 1.73. The van der Waals surface area contributed by atoms with Crippen LogP contribution in [0.5, 0.6) is 0 Å². The average molecular weight is 326 g/mol. The maximum Gasteiger partial charge on any atom is 0.242 e. The van der Waals surface area contributed by atoms with Crippen molar-refractivity contribution in [2.45, 2.75) is 31.9 Å². The molecule has 0 aliphatic rings. The molecule has 4 nitrogen and oxygen atoms in total. The number of nitrogens with two attached hydrogens (primary N) is 1. The molecule has 0 aliphatic heterocycles. The molecular weight excluding hydrogens is 300 g/mol. The van der Waals surface area contributed by atoms with Crippen LogP contribution in [-0.2, 0) is 4.79 Å². The Morgan fingerprint density at radius 3 is 2.25 bits per heavy atom. The van der Waals surface area contributed by atoms with Crippen molar-refractivity contribution in [3.63, 3.8) is 0 Å². The van der Waals surface area contributed by atoms with Crippen LogP contribution in [0.2, 0.25) is 0 Å². The Balaban J connectivity index is 2.06. The van der Waals surface area contributed by atoms with Gasteiger partial charge in [-0.1, -0.05) is 67.9 Å². The first-order valence-electron chi connectivity index (χ1n) is 8.38. The van der Waals surface area contributed by atoms with E-state index in [-0.39, 0.29) is 5.91 Å². The van der Waals surface area contributed by atoms with Gasteiger partial charge in [0.25, 0.3) is 0 Å². The number of aliphatic hydroxyl groups excluding tert-OH is 1. The first kappa shape index (κ1) is 18.2. The molecule has 2 aromatic carbocycles. The number of nitrogens with zero attached hydrogens (tertiary/aromatic N) is 1. The minimum atomic E-state index is -1.01. The summed E-state index contributed by atoms with van der Waals surface area (Å²) < 4.78 is 0. The second kappa shape index (κ2) is 8.62. The van der Waals surface area contributed by atoms with E-state index >= 15 is 0 Å². The lowest BCUT2D eigenvalue weighted by Crippen LogP contribution is -2.45. The standard InChI is InChI=1S/C20H26N2O2/c1-3-4-14-22(2)20(24)18(21)19(23)17-12-10-16(11-13-17)15-8-6-5-7-9-15/h5-13,18-19,23H,3-4,14,21H2,1-2H3/t18-,19+/m1/s1. The summed E-state index contributed by atoms with van der Waals surface area (Å²) in [5.41, 5.74) is 8.80. The molecule has 2 atom stereocenters. The van der Waals surface area contributed by atoms with Gasteiger partial charge in [0.05, 0.1) is 0 Å². The van der Waals surface area contributed by atoms with E-state index in [1.807, 2.05) is 54.6 Å². The fourth-order valence-corrected chi connectivity index (χ4v) is 2.61. The van der Waals surface area contributed by atoms with Gasteiger partial charge in [0, 0.05) is 13.6 Å². The van der Waals surface area contributed by atoms with Crippen LogP contribution >= 0.6 is 0 Å². The van der Waals surface area contributed by atoms with Crippen LogP contribution in [0.25, 0.3) is 11.1 Å². The molecule has 0 bridgehead atoms. The molecule has 128 valence electrons. The van der Waals surface area contributed by atoms with Crippen LogP contribution in [0.4, 0.5) is 0 Å². The highest BCUT2D eigenvalue weighted by Gasteiger charge is 2.26. The van der Waals surface area contributed by atoms with Crippen molar-refractivity contribution in [2.75, 3.05) is 13.6 Å². The molecule has 0 unspecified atom stereocenters. The largest absolute Gasteiger partial charge is 0.386 e. The van der Waals surface area contributed by atoms with E-state index in [0.717, 1.165) is 24.0 Å². The summed E-state index contributed by atoms with van der Waals surface area (Å²) in [6.45, 7) is 2.73. The number of carbonyl (C=O) groups is 1. The number of carbonyl (C=O) groups excluding carboxylic acids is 1. The first-order chi connectivity index (χ1) is 11.5. The zero-order valence-corrected chi connectivity index (χ0v) is 14.4. The monoisotopic (exact) mass is 326 g/mol. The number of likely N-dealkylation sites (N-methyl/N-ethyl adjacent to an activating group) is 1. The maximum absolute atomic E-state index is 12.3. The van der Waals surface area contributed by atoms with Crippen LogP contribution in [0.3, 0.4) is 0 Å². The van der Waals surface area contributed by atoms with E-state index in [4.69, 9.17) is 5.73 Å². The van der Waals surface area contributed by atoms with Gasteiger partial charge in [0.1, 0.15) is 12.1 Å². The lowest BCUT2D eigenvalue weighted by Gasteiger charge is -2.24. The third-order valence-corrected chi connectivity index (χ3v) is 4.21. The average Bonchev–Trinajstić information content (AvgIpc) is 2.65. The van der Waals surface area contributed by atoms with Gasteiger partial charge in [0.2, 0.25) is 5.91 Å². The van der Waals surface area contributed by atoms with Gasteiger partial charge in [0.15, 0.2) is 0 Å². The molecule has 0 radical (unpaired) electrons. The highest BCUT2D eigenvalue weighted by atomic mass is 16.3. The van der Waals surface area contributed by atoms with Crippen molar-refractivity contribution in [2.24, 2.45) is 5.73 Å². The van der Waals surface area contributed by atoms with Gasteiger partial charge < -0.3 is 15.7 Å². The van der Waals surface area contributed by atoms with Crippen LogP contribution in [0.15, 0.2) is 54.6 Å². The predicted molar refractivity (Wildman–Crippen MR) is 97.4 cm³/mol. The van der Waals surface area contributed by atoms with E-state index in [2.05, 4.69) is 6.92 Å². The Hall–Kier alpha value is -2.17. The van der Waals surface area contributed by atoms with Gasteiger partial charge in [-0.2, -0.15) is 0 Å². The Bertz CT molecular complexity index is 640. The lowest BCUT2D eigenvalue weighted by atomic mass is 9.98. The highest BCUT2D eigenvalue weighted by Crippen LogP contribution is 2.23. The number of rotatable bonds is 7. The van der Waals surface area contributed by atoms with Crippen molar-refractivity contribution in [1.82, 2.24) is 4.90 Å². The summed E-state index contributed by atoms with van der Waals surface area (Å²) in [6.07, 6.45) is 0.930. The number of unbranched alkanes of at least 4 members (excludes halogenated alkanes) is 1. The van der Waals surface area contributed by atoms with Crippen LogP contribution < -0.4 is 5.73 Å². The summed E-state index contributed by atoms with van der Waals surface area (Å²) in [5.74, 6) is -0.233. The molecule has 0 aromatic heterocycles. The van der Waals surface area contributed by atoms with Crippen LogP contribution in [-0.4, -0.2) is 35.5 Å². The van der Waals surface area contributed by atoms with Gasteiger partial charge in [-0.05, 0) is 23.1 Å². The maximum atomic E-state index is 12.3. The van der Waals surface area contributed by atoms with Gasteiger partial charge in [-0.3, -0.25) is 4.79 Å². The number of benzene rings is 2. The second-order valence-electron chi connectivity index (χ2n) is 6.07. The Labute approximate surface area is 143 Å². The zero-order chi connectivity index (χ0) is 17.5. The van der Waals surface area contributed by atoms with Crippen molar-refractivity contribution in [3.8, 4) is 11.1 Å². The molecule has 0 heterocycles. The van der Waals surface area contributed by atoms with E-state index in [1.165, 1.54) is 0 Å². The molecule has 0 fully saturated rings. The summed E-state index contributed by atoms with van der Waals surface area (Å²) in [5, 5.41) is 10.4. The minimum Gasteiger partial charge on any atom is -0.386 e. The van der Waals surface area contributed by atoms with Crippen molar-refractivity contribution in [3.05, 3.63) is 60.2 Å². The highest BCUT2D eigenvalue weighted by molar-refractivity contribution is 5.82. The van der Waals surface area contributed by atoms with Gasteiger partial charge in [-0.15, -0.1) is 0 Å². The summed E-state index contributed by atoms with van der Waals surface area (Å²) in [4.78, 5) is 13.9. The third-order valence-electron chi connectivity index (χ3n) is 4.21. The van der Waals surface area contributed by atoms with Crippen molar-refractivity contribution >= 4 is 5.91 Å². The number of amides is 1. The van der Waals surface area contributed by atoms with E-state index < -0.39 is 12.1 Å². The molecule has 1 amide bonds. The second-order valence-corrected chi connectivity index (χ2v) is 6.07. The molecule has 0 saturated heterocycles. The first-order valence-corrected chi connectivity index (χ1v) is 8.38. The quantitative estimate of drug-likeness (QED) is 0.822. The van der Waals surface area contributed by atoms with Crippen LogP contribution in [0, 0.1) is 0 Å². The molecule has 4 heteroatoms. The Morgan fingerprint density at radius 2 is 1.67 bits per heavy atom. The normalized spacial score (nSPS) is 13.3. The van der Waals surface area contributed by atoms with E-state index in [9.17, 15) is 9.90 Å². The molecule has 3 N–H and O–H groups in total. The number of aliphatic hydroxyl groups is 1. The van der Waals surface area contributed by atoms with Crippen molar-refractivity contribution < 1.29 is 9.90 Å².